The van der Waals surface area contributed by atoms with E-state index in [2.05, 4.69) is 4.98 Å². The zero-order chi connectivity index (χ0) is 12.7. The van der Waals surface area contributed by atoms with E-state index >= 15 is 0 Å². The van der Waals surface area contributed by atoms with Gasteiger partial charge >= 0.3 is 0 Å². The number of nitrogen functional groups attached to an aromatic ring is 1. The summed E-state index contributed by atoms with van der Waals surface area (Å²) in [5, 5.41) is 1.59. The second kappa shape index (κ2) is 4.03. The molecule has 0 unspecified atom stereocenters. The van der Waals surface area contributed by atoms with E-state index in [0.717, 1.165) is 22.3 Å². The molecule has 0 aliphatic heterocycles. The molecule has 4 heteroatoms. The molecule has 18 heavy (non-hydrogen) atoms. The third-order valence-electron chi connectivity index (χ3n) is 2.90. The highest BCUT2D eigenvalue weighted by atomic mass is 35.5. The number of halogens is 1. The maximum atomic E-state index is 6.08. The zero-order valence-electron chi connectivity index (χ0n) is 9.77. The van der Waals surface area contributed by atoms with Gasteiger partial charge in [0.2, 0.25) is 0 Å². The minimum Gasteiger partial charge on any atom is -0.454 e. The van der Waals surface area contributed by atoms with E-state index in [9.17, 15) is 0 Å². The Bertz CT molecular complexity index is 734. The van der Waals surface area contributed by atoms with Crippen LogP contribution in [0.3, 0.4) is 0 Å². The number of hydrogen-bond acceptors (Lipinski definition) is 3. The molecule has 2 aromatic heterocycles. The van der Waals surface area contributed by atoms with Gasteiger partial charge in [0.05, 0.1) is 5.02 Å². The Labute approximate surface area is 109 Å². The Morgan fingerprint density at radius 2 is 2.11 bits per heavy atom. The van der Waals surface area contributed by atoms with Crippen molar-refractivity contribution in [3.8, 4) is 11.3 Å². The van der Waals surface area contributed by atoms with Gasteiger partial charge in [0.15, 0.2) is 5.58 Å². The van der Waals surface area contributed by atoms with Gasteiger partial charge in [-0.3, -0.25) is 0 Å². The normalized spacial score (nSPS) is 11.0. The maximum absolute atomic E-state index is 6.08. The van der Waals surface area contributed by atoms with E-state index in [-0.39, 0.29) is 0 Å². The van der Waals surface area contributed by atoms with Crippen molar-refractivity contribution in [3.05, 3.63) is 47.1 Å². The smallest absolute Gasteiger partial charge is 0.153 e. The van der Waals surface area contributed by atoms with E-state index in [1.54, 1.807) is 6.20 Å². The van der Waals surface area contributed by atoms with Crippen LogP contribution >= 0.6 is 11.6 Å². The van der Waals surface area contributed by atoms with Crippen LogP contribution in [0.2, 0.25) is 5.02 Å². The van der Waals surface area contributed by atoms with Crippen molar-refractivity contribution in [2.24, 2.45) is 0 Å². The topological polar surface area (TPSA) is 52.0 Å². The van der Waals surface area contributed by atoms with Crippen molar-refractivity contribution in [1.29, 1.82) is 0 Å². The van der Waals surface area contributed by atoms with Crippen LogP contribution in [-0.4, -0.2) is 4.98 Å². The molecule has 0 bridgehead atoms. The van der Waals surface area contributed by atoms with Crippen LogP contribution in [0.4, 0.5) is 5.82 Å². The number of benzene rings is 1. The molecule has 0 spiro atoms. The second-order valence-electron chi connectivity index (χ2n) is 4.19. The fourth-order valence-corrected chi connectivity index (χ4v) is 2.11. The first-order valence-corrected chi connectivity index (χ1v) is 5.93. The molecular weight excluding hydrogens is 248 g/mol. The van der Waals surface area contributed by atoms with Gasteiger partial charge in [-0.1, -0.05) is 23.7 Å². The van der Waals surface area contributed by atoms with Crippen LogP contribution in [0.15, 0.2) is 40.9 Å². The number of nitrogens with two attached hydrogens (primary N) is 1. The van der Waals surface area contributed by atoms with Crippen LogP contribution in [0.5, 0.6) is 0 Å². The predicted molar refractivity (Wildman–Crippen MR) is 73.6 cm³/mol. The summed E-state index contributed by atoms with van der Waals surface area (Å²) in [6, 6.07) is 9.58. The number of anilines is 1. The summed E-state index contributed by atoms with van der Waals surface area (Å²) in [6.07, 6.45) is 1.70. The van der Waals surface area contributed by atoms with Gasteiger partial charge in [-0.15, -0.1) is 0 Å². The van der Waals surface area contributed by atoms with Crippen molar-refractivity contribution in [1.82, 2.24) is 4.98 Å². The Balaban J connectivity index is 2.19. The van der Waals surface area contributed by atoms with Crippen LogP contribution in [0.1, 0.15) is 5.56 Å². The lowest BCUT2D eigenvalue weighted by molar-refractivity contribution is 0.631. The molecule has 2 heterocycles. The Kier molecular flexibility index (Phi) is 2.49. The number of rotatable bonds is 1. The molecule has 1 aromatic carbocycles. The minimum atomic E-state index is 0.535. The van der Waals surface area contributed by atoms with E-state index in [1.165, 1.54) is 0 Å². The molecule has 90 valence electrons. The van der Waals surface area contributed by atoms with Crippen LogP contribution < -0.4 is 5.73 Å². The molecular formula is C14H11ClN2O. The number of nitrogens with zero attached hydrogens (tertiary/aromatic N) is 1. The molecule has 0 aliphatic rings. The lowest BCUT2D eigenvalue weighted by atomic mass is 10.1. The van der Waals surface area contributed by atoms with E-state index in [4.69, 9.17) is 21.8 Å². The monoisotopic (exact) mass is 258 g/mol. The summed E-state index contributed by atoms with van der Waals surface area (Å²) in [4.78, 5) is 4.13. The van der Waals surface area contributed by atoms with Gasteiger partial charge in [0, 0.05) is 17.1 Å². The first-order valence-electron chi connectivity index (χ1n) is 5.56. The van der Waals surface area contributed by atoms with Crippen molar-refractivity contribution >= 4 is 28.4 Å². The van der Waals surface area contributed by atoms with Crippen LogP contribution in [0, 0.1) is 6.92 Å². The standard InChI is InChI=1S/C14H11ClN2O/c1-8-5-10(7-17-14(8)16)12-6-9-3-2-4-11(15)13(9)18-12/h2-7H,1H3,(H2,16,17). The highest BCUT2D eigenvalue weighted by Gasteiger charge is 2.09. The summed E-state index contributed by atoms with van der Waals surface area (Å²) in [6.45, 7) is 1.92. The number of aryl methyl sites for hydroxylation is 1. The molecule has 0 atom stereocenters. The third-order valence-corrected chi connectivity index (χ3v) is 3.20. The average molecular weight is 259 g/mol. The van der Waals surface area contributed by atoms with Gasteiger partial charge in [0.25, 0.3) is 0 Å². The molecule has 0 saturated heterocycles. The molecule has 3 aromatic rings. The van der Waals surface area contributed by atoms with Crippen molar-refractivity contribution in [2.45, 2.75) is 6.92 Å². The number of hydrogen-bond donors (Lipinski definition) is 1. The fourth-order valence-electron chi connectivity index (χ4n) is 1.89. The minimum absolute atomic E-state index is 0.535. The highest BCUT2D eigenvalue weighted by molar-refractivity contribution is 6.34. The number of para-hydroxylation sites is 1. The second-order valence-corrected chi connectivity index (χ2v) is 4.60. The SMILES string of the molecule is Cc1cc(-c2cc3cccc(Cl)c3o2)cnc1N. The van der Waals surface area contributed by atoms with Gasteiger partial charge in [0.1, 0.15) is 11.6 Å². The summed E-state index contributed by atoms with van der Waals surface area (Å²) < 4.78 is 5.77. The quantitative estimate of drug-likeness (QED) is 0.717. The molecule has 0 radical (unpaired) electrons. The van der Waals surface area contributed by atoms with Gasteiger partial charge < -0.3 is 10.2 Å². The van der Waals surface area contributed by atoms with Crippen LogP contribution in [0.25, 0.3) is 22.3 Å². The van der Waals surface area contributed by atoms with Gasteiger partial charge in [-0.05, 0) is 30.7 Å². The fraction of sp³-hybridized carbons (Fsp3) is 0.0714. The lowest BCUT2D eigenvalue weighted by Crippen LogP contribution is -1.93. The number of pyridine rings is 1. The van der Waals surface area contributed by atoms with E-state index in [1.807, 2.05) is 37.3 Å². The first kappa shape index (κ1) is 11.1. The van der Waals surface area contributed by atoms with Crippen molar-refractivity contribution < 1.29 is 4.42 Å². The Morgan fingerprint density at radius 3 is 2.83 bits per heavy atom. The molecule has 0 saturated carbocycles. The predicted octanol–water partition coefficient (Wildman–Crippen LogP) is 4.04. The molecule has 2 N–H and O–H groups in total. The molecule has 0 fully saturated rings. The lowest BCUT2D eigenvalue weighted by Gasteiger charge is -2.00. The Morgan fingerprint density at radius 1 is 1.28 bits per heavy atom. The maximum Gasteiger partial charge on any atom is 0.153 e. The highest BCUT2D eigenvalue weighted by Crippen LogP contribution is 2.32. The summed E-state index contributed by atoms with van der Waals surface area (Å²) in [5.74, 6) is 1.28. The number of furan rings is 1. The zero-order valence-corrected chi connectivity index (χ0v) is 10.5. The summed E-state index contributed by atoms with van der Waals surface area (Å²) in [7, 11) is 0. The van der Waals surface area contributed by atoms with E-state index < -0.39 is 0 Å². The largest absolute Gasteiger partial charge is 0.454 e. The van der Waals surface area contributed by atoms with Gasteiger partial charge in [-0.2, -0.15) is 0 Å². The van der Waals surface area contributed by atoms with Gasteiger partial charge in [-0.25, -0.2) is 4.98 Å². The van der Waals surface area contributed by atoms with Crippen molar-refractivity contribution in [2.75, 3.05) is 5.73 Å². The summed E-state index contributed by atoms with van der Waals surface area (Å²) >= 11 is 6.08. The molecule has 0 aliphatic carbocycles. The number of fused-ring (bicyclic) bond motifs is 1. The van der Waals surface area contributed by atoms with Crippen molar-refractivity contribution in [3.63, 3.8) is 0 Å². The van der Waals surface area contributed by atoms with E-state index in [0.29, 0.717) is 16.4 Å². The Hall–Kier alpha value is -2.00. The molecule has 3 nitrogen and oxygen atoms in total. The molecule has 3 rings (SSSR count). The van der Waals surface area contributed by atoms with Crippen LogP contribution in [-0.2, 0) is 0 Å². The average Bonchev–Trinajstić information content (AvgIpc) is 2.78. The third kappa shape index (κ3) is 1.73. The number of aromatic nitrogens is 1. The summed E-state index contributed by atoms with van der Waals surface area (Å²) in [5.41, 5.74) is 8.23. The molecule has 0 amide bonds. The first-order chi connectivity index (χ1) is 8.65.